The highest BCUT2D eigenvalue weighted by molar-refractivity contribution is 7.89. The van der Waals surface area contributed by atoms with Crippen LogP contribution in [0.25, 0.3) is 0 Å². The summed E-state index contributed by atoms with van der Waals surface area (Å²) in [6.45, 7) is 4.58. The van der Waals surface area contributed by atoms with Crippen molar-refractivity contribution in [1.29, 1.82) is 0 Å². The van der Waals surface area contributed by atoms with Gasteiger partial charge in [-0.2, -0.15) is 0 Å². The van der Waals surface area contributed by atoms with Crippen molar-refractivity contribution >= 4 is 21.6 Å². The van der Waals surface area contributed by atoms with E-state index in [0.29, 0.717) is 6.54 Å². The normalized spacial score (nSPS) is 12.1. The highest BCUT2D eigenvalue weighted by Gasteiger charge is 2.18. The fourth-order valence-corrected chi connectivity index (χ4v) is 2.57. The molecule has 102 valence electrons. The van der Waals surface area contributed by atoms with Crippen molar-refractivity contribution in [3.8, 4) is 0 Å². The Morgan fingerprint density at radius 1 is 1.33 bits per heavy atom. The van der Waals surface area contributed by atoms with Crippen LogP contribution in [0.1, 0.15) is 13.8 Å². The van der Waals surface area contributed by atoms with Crippen LogP contribution >= 0.6 is 11.6 Å². The molecule has 0 atom stereocenters. The van der Waals surface area contributed by atoms with E-state index in [1.807, 2.05) is 13.8 Å². The summed E-state index contributed by atoms with van der Waals surface area (Å²) in [5, 5.41) is 3.21. The van der Waals surface area contributed by atoms with Gasteiger partial charge < -0.3 is 5.32 Å². The summed E-state index contributed by atoms with van der Waals surface area (Å²) < 4.78 is 39.4. The van der Waals surface area contributed by atoms with Crippen molar-refractivity contribution in [3.63, 3.8) is 0 Å². The van der Waals surface area contributed by atoms with Gasteiger partial charge in [0, 0.05) is 24.2 Å². The van der Waals surface area contributed by atoms with Crippen molar-refractivity contribution in [2.45, 2.75) is 24.8 Å². The standard InChI is InChI=1S/C11H16ClFN2O2S/c1-8(2)14-5-6-15-18(16,17)11-4-3-9(12)7-10(11)13/h3-4,7-8,14-15H,5-6H2,1-2H3. The van der Waals surface area contributed by atoms with Crippen molar-refractivity contribution in [2.75, 3.05) is 13.1 Å². The zero-order chi connectivity index (χ0) is 13.8. The van der Waals surface area contributed by atoms with Crippen LogP contribution in [0.2, 0.25) is 5.02 Å². The zero-order valence-corrected chi connectivity index (χ0v) is 11.8. The maximum atomic E-state index is 13.5. The number of nitrogens with one attached hydrogen (secondary N) is 2. The Kier molecular flexibility index (Phi) is 5.52. The molecule has 1 aromatic carbocycles. The van der Waals surface area contributed by atoms with Crippen LogP contribution in [0.4, 0.5) is 4.39 Å². The summed E-state index contributed by atoms with van der Waals surface area (Å²) in [5.74, 6) is -0.855. The molecular formula is C11H16ClFN2O2S. The molecule has 1 aromatic rings. The average Bonchev–Trinajstić information content (AvgIpc) is 2.23. The van der Waals surface area contributed by atoms with Crippen LogP contribution in [0.5, 0.6) is 0 Å². The van der Waals surface area contributed by atoms with Gasteiger partial charge in [-0.1, -0.05) is 25.4 Å². The number of sulfonamides is 1. The van der Waals surface area contributed by atoms with E-state index >= 15 is 0 Å². The minimum absolute atomic E-state index is 0.160. The summed E-state index contributed by atoms with van der Waals surface area (Å²) in [6.07, 6.45) is 0. The van der Waals surface area contributed by atoms with E-state index in [1.165, 1.54) is 6.07 Å². The van der Waals surface area contributed by atoms with Crippen molar-refractivity contribution in [2.24, 2.45) is 0 Å². The molecule has 0 fully saturated rings. The van der Waals surface area contributed by atoms with Crippen LogP contribution in [0.3, 0.4) is 0 Å². The lowest BCUT2D eigenvalue weighted by atomic mass is 10.3. The molecule has 0 amide bonds. The predicted molar refractivity (Wildman–Crippen MR) is 69.7 cm³/mol. The minimum atomic E-state index is -3.83. The van der Waals surface area contributed by atoms with Gasteiger partial charge in [0.2, 0.25) is 10.0 Å². The molecule has 0 aliphatic rings. The molecule has 0 bridgehead atoms. The van der Waals surface area contributed by atoms with Gasteiger partial charge in [0.1, 0.15) is 10.7 Å². The summed E-state index contributed by atoms with van der Waals surface area (Å²) in [4.78, 5) is -0.392. The smallest absolute Gasteiger partial charge is 0.243 e. The van der Waals surface area contributed by atoms with Gasteiger partial charge in [-0.05, 0) is 18.2 Å². The molecule has 0 aromatic heterocycles. The lowest BCUT2D eigenvalue weighted by Gasteiger charge is -2.10. The third-order valence-electron chi connectivity index (χ3n) is 2.15. The Morgan fingerprint density at radius 3 is 2.56 bits per heavy atom. The third kappa shape index (κ3) is 4.53. The second-order valence-electron chi connectivity index (χ2n) is 4.08. The SMILES string of the molecule is CC(C)NCCNS(=O)(=O)c1ccc(Cl)cc1F. The van der Waals surface area contributed by atoms with Crippen LogP contribution in [-0.2, 0) is 10.0 Å². The summed E-state index contributed by atoms with van der Waals surface area (Å²) in [5.41, 5.74) is 0. The maximum absolute atomic E-state index is 13.5. The molecule has 0 aliphatic heterocycles. The topological polar surface area (TPSA) is 58.2 Å². The number of hydrogen-bond donors (Lipinski definition) is 2. The van der Waals surface area contributed by atoms with Gasteiger partial charge in [0.15, 0.2) is 0 Å². The van der Waals surface area contributed by atoms with Crippen LogP contribution in [0.15, 0.2) is 23.1 Å². The number of benzene rings is 1. The number of halogens is 2. The van der Waals surface area contributed by atoms with E-state index in [0.717, 1.165) is 12.1 Å². The van der Waals surface area contributed by atoms with Gasteiger partial charge in [0.25, 0.3) is 0 Å². The Balaban J connectivity index is 2.69. The first-order chi connectivity index (χ1) is 8.33. The first kappa shape index (κ1) is 15.4. The largest absolute Gasteiger partial charge is 0.313 e. The van der Waals surface area contributed by atoms with E-state index in [9.17, 15) is 12.8 Å². The van der Waals surface area contributed by atoms with Gasteiger partial charge in [-0.15, -0.1) is 0 Å². The summed E-state index contributed by atoms with van der Waals surface area (Å²) in [7, 11) is -3.83. The molecule has 0 spiro atoms. The second kappa shape index (κ2) is 6.47. The summed E-state index contributed by atoms with van der Waals surface area (Å²) in [6, 6.07) is 3.73. The number of hydrogen-bond acceptors (Lipinski definition) is 3. The monoisotopic (exact) mass is 294 g/mol. The first-order valence-electron chi connectivity index (χ1n) is 5.51. The molecular weight excluding hydrogens is 279 g/mol. The van der Waals surface area contributed by atoms with Crippen molar-refractivity contribution in [1.82, 2.24) is 10.0 Å². The fraction of sp³-hybridized carbons (Fsp3) is 0.455. The Bertz CT molecular complexity index is 506. The van der Waals surface area contributed by atoms with Crippen LogP contribution in [-0.4, -0.2) is 27.5 Å². The molecule has 1 rings (SSSR count). The molecule has 0 saturated carbocycles. The quantitative estimate of drug-likeness (QED) is 0.786. The first-order valence-corrected chi connectivity index (χ1v) is 7.37. The van der Waals surface area contributed by atoms with Gasteiger partial charge in [-0.3, -0.25) is 0 Å². The Labute approximate surface area is 112 Å². The van der Waals surface area contributed by atoms with Gasteiger partial charge in [-0.25, -0.2) is 17.5 Å². The van der Waals surface area contributed by atoms with Crippen molar-refractivity contribution < 1.29 is 12.8 Å². The molecule has 7 heteroatoms. The number of rotatable bonds is 6. The van der Waals surface area contributed by atoms with E-state index in [-0.39, 0.29) is 17.6 Å². The van der Waals surface area contributed by atoms with E-state index in [4.69, 9.17) is 11.6 Å². The molecule has 0 heterocycles. The zero-order valence-electron chi connectivity index (χ0n) is 10.2. The van der Waals surface area contributed by atoms with Crippen LogP contribution < -0.4 is 10.0 Å². The lowest BCUT2D eigenvalue weighted by Crippen LogP contribution is -2.34. The van der Waals surface area contributed by atoms with Gasteiger partial charge >= 0.3 is 0 Å². The maximum Gasteiger partial charge on any atom is 0.243 e. The highest BCUT2D eigenvalue weighted by atomic mass is 35.5. The Hall–Kier alpha value is -0.690. The second-order valence-corrected chi connectivity index (χ2v) is 6.25. The molecule has 2 N–H and O–H groups in total. The molecule has 0 radical (unpaired) electrons. The van der Waals surface area contributed by atoms with Crippen LogP contribution in [0, 0.1) is 5.82 Å². The molecule has 18 heavy (non-hydrogen) atoms. The lowest BCUT2D eigenvalue weighted by molar-refractivity contribution is 0.546. The minimum Gasteiger partial charge on any atom is -0.313 e. The third-order valence-corrected chi connectivity index (χ3v) is 3.88. The molecule has 4 nitrogen and oxygen atoms in total. The van der Waals surface area contributed by atoms with E-state index in [1.54, 1.807) is 0 Å². The van der Waals surface area contributed by atoms with E-state index in [2.05, 4.69) is 10.0 Å². The molecule has 0 saturated heterocycles. The molecule has 0 unspecified atom stereocenters. The fourth-order valence-electron chi connectivity index (χ4n) is 1.32. The van der Waals surface area contributed by atoms with Gasteiger partial charge in [0.05, 0.1) is 0 Å². The summed E-state index contributed by atoms with van der Waals surface area (Å²) >= 11 is 5.56. The van der Waals surface area contributed by atoms with Crippen molar-refractivity contribution in [3.05, 3.63) is 29.0 Å². The average molecular weight is 295 g/mol. The Morgan fingerprint density at radius 2 is 2.00 bits per heavy atom. The predicted octanol–water partition coefficient (Wildman–Crippen LogP) is 1.76. The molecule has 0 aliphatic carbocycles. The van der Waals surface area contributed by atoms with E-state index < -0.39 is 20.7 Å². The highest BCUT2D eigenvalue weighted by Crippen LogP contribution is 2.18.